The SMILES string of the molecule is CCCCc1c(ONC(=O)C(C)S)ccc2oc3cc(Cl)ccc3c12. The van der Waals surface area contributed by atoms with Gasteiger partial charge < -0.3 is 9.25 Å². The molecule has 4 nitrogen and oxygen atoms in total. The molecule has 6 heteroatoms. The first-order valence-electron chi connectivity index (χ1n) is 8.29. The third-order valence-electron chi connectivity index (χ3n) is 4.09. The first kappa shape index (κ1) is 18.0. The highest BCUT2D eigenvalue weighted by Crippen LogP contribution is 2.37. The number of benzene rings is 2. The van der Waals surface area contributed by atoms with Crippen molar-refractivity contribution in [1.82, 2.24) is 5.48 Å². The van der Waals surface area contributed by atoms with Crippen molar-refractivity contribution in [2.24, 2.45) is 0 Å². The van der Waals surface area contributed by atoms with Gasteiger partial charge in [0.1, 0.15) is 11.2 Å². The van der Waals surface area contributed by atoms with Crippen LogP contribution < -0.4 is 10.3 Å². The van der Waals surface area contributed by atoms with Crippen LogP contribution in [-0.2, 0) is 11.2 Å². The van der Waals surface area contributed by atoms with Crippen molar-refractivity contribution >= 4 is 52.1 Å². The third kappa shape index (κ3) is 3.72. The van der Waals surface area contributed by atoms with Gasteiger partial charge in [0, 0.05) is 27.4 Å². The highest BCUT2D eigenvalue weighted by molar-refractivity contribution is 7.81. The van der Waals surface area contributed by atoms with Crippen LogP contribution in [0.3, 0.4) is 0 Å². The van der Waals surface area contributed by atoms with E-state index in [1.54, 1.807) is 6.92 Å². The van der Waals surface area contributed by atoms with E-state index in [4.69, 9.17) is 20.9 Å². The molecule has 0 radical (unpaired) electrons. The van der Waals surface area contributed by atoms with Gasteiger partial charge in [-0.2, -0.15) is 18.1 Å². The van der Waals surface area contributed by atoms with Crippen LogP contribution in [0.1, 0.15) is 32.3 Å². The maximum atomic E-state index is 11.8. The molecule has 0 saturated carbocycles. The van der Waals surface area contributed by atoms with E-state index in [-0.39, 0.29) is 5.91 Å². The second-order valence-corrected chi connectivity index (χ2v) is 7.22. The van der Waals surface area contributed by atoms with Gasteiger partial charge in [-0.3, -0.25) is 4.79 Å². The first-order valence-corrected chi connectivity index (χ1v) is 9.19. The Balaban J connectivity index is 2.09. The second-order valence-electron chi connectivity index (χ2n) is 6.01. The van der Waals surface area contributed by atoms with Crippen molar-refractivity contribution < 1.29 is 14.0 Å². The van der Waals surface area contributed by atoms with E-state index in [0.717, 1.165) is 46.8 Å². The Hall–Kier alpha value is -1.85. The smallest absolute Gasteiger partial charge is 0.265 e. The number of thiol groups is 1. The maximum Gasteiger partial charge on any atom is 0.265 e. The molecule has 0 fully saturated rings. The zero-order valence-electron chi connectivity index (χ0n) is 14.1. The Labute approximate surface area is 156 Å². The fourth-order valence-corrected chi connectivity index (χ4v) is 3.00. The van der Waals surface area contributed by atoms with Gasteiger partial charge in [0.25, 0.3) is 5.91 Å². The summed E-state index contributed by atoms with van der Waals surface area (Å²) in [6.07, 6.45) is 2.89. The minimum atomic E-state index is -0.445. The van der Waals surface area contributed by atoms with E-state index in [1.807, 2.05) is 30.3 Å². The fraction of sp³-hybridized carbons (Fsp3) is 0.316. The molecule has 0 aliphatic rings. The molecule has 132 valence electrons. The Morgan fingerprint density at radius 3 is 2.84 bits per heavy atom. The molecule has 0 bridgehead atoms. The van der Waals surface area contributed by atoms with Crippen LogP contribution in [0.25, 0.3) is 21.9 Å². The van der Waals surface area contributed by atoms with E-state index in [0.29, 0.717) is 10.8 Å². The molecule has 3 aromatic rings. The van der Waals surface area contributed by atoms with E-state index in [2.05, 4.69) is 25.0 Å². The summed E-state index contributed by atoms with van der Waals surface area (Å²) in [5.41, 5.74) is 5.01. The average molecular weight is 378 g/mol. The van der Waals surface area contributed by atoms with Crippen LogP contribution in [0, 0.1) is 0 Å². The summed E-state index contributed by atoms with van der Waals surface area (Å²) in [5.74, 6) is 0.342. The monoisotopic (exact) mass is 377 g/mol. The molecule has 0 aliphatic heterocycles. The molecule has 0 saturated heterocycles. The van der Waals surface area contributed by atoms with Gasteiger partial charge in [0.15, 0.2) is 5.75 Å². The largest absolute Gasteiger partial charge is 0.456 e. The van der Waals surface area contributed by atoms with E-state index < -0.39 is 5.25 Å². The number of halogens is 1. The summed E-state index contributed by atoms with van der Waals surface area (Å²) in [6.45, 7) is 3.83. The van der Waals surface area contributed by atoms with Crippen molar-refractivity contribution in [2.75, 3.05) is 0 Å². The lowest BCUT2D eigenvalue weighted by atomic mass is 10.0. The van der Waals surface area contributed by atoms with Crippen LogP contribution in [-0.4, -0.2) is 11.2 Å². The Bertz CT molecular complexity index is 920. The number of aryl methyl sites for hydroxylation is 1. The van der Waals surface area contributed by atoms with Gasteiger partial charge in [-0.15, -0.1) is 0 Å². The second kappa shape index (κ2) is 7.58. The summed E-state index contributed by atoms with van der Waals surface area (Å²) in [4.78, 5) is 17.4. The number of nitrogens with one attached hydrogen (secondary N) is 1. The maximum absolute atomic E-state index is 11.8. The summed E-state index contributed by atoms with van der Waals surface area (Å²) < 4.78 is 5.93. The fourth-order valence-electron chi connectivity index (χ4n) is 2.78. The summed E-state index contributed by atoms with van der Waals surface area (Å²) in [6, 6.07) is 9.29. The van der Waals surface area contributed by atoms with Crippen LogP contribution in [0.15, 0.2) is 34.7 Å². The topological polar surface area (TPSA) is 51.5 Å². The van der Waals surface area contributed by atoms with Gasteiger partial charge in [-0.1, -0.05) is 24.9 Å². The van der Waals surface area contributed by atoms with Gasteiger partial charge >= 0.3 is 0 Å². The number of rotatable bonds is 6. The number of amides is 1. The molecule has 0 spiro atoms. The zero-order valence-corrected chi connectivity index (χ0v) is 15.8. The first-order chi connectivity index (χ1) is 12.0. The molecule has 1 unspecified atom stereocenters. The standard InChI is InChI=1S/C19H20ClNO3S/c1-3-4-5-13-15(24-21-19(22)11(2)25)8-9-16-18(13)14-7-6-12(20)10-17(14)23-16/h6-11,25H,3-5H2,1-2H3,(H,21,22). The minimum Gasteiger partial charge on any atom is -0.456 e. The summed E-state index contributed by atoms with van der Waals surface area (Å²) in [7, 11) is 0. The lowest BCUT2D eigenvalue weighted by molar-refractivity contribution is -0.126. The minimum absolute atomic E-state index is 0.284. The number of fused-ring (bicyclic) bond motifs is 3. The van der Waals surface area contributed by atoms with Crippen molar-refractivity contribution in [2.45, 2.75) is 38.4 Å². The van der Waals surface area contributed by atoms with Crippen molar-refractivity contribution in [3.63, 3.8) is 0 Å². The van der Waals surface area contributed by atoms with E-state index in [9.17, 15) is 4.79 Å². The predicted molar refractivity (Wildman–Crippen MR) is 105 cm³/mol. The summed E-state index contributed by atoms with van der Waals surface area (Å²) in [5, 5.41) is 2.18. The van der Waals surface area contributed by atoms with Gasteiger partial charge in [-0.25, -0.2) is 0 Å². The number of hydrogen-bond acceptors (Lipinski definition) is 4. The lowest BCUT2D eigenvalue weighted by Crippen LogP contribution is -2.32. The molecule has 1 N–H and O–H groups in total. The third-order valence-corrected chi connectivity index (χ3v) is 4.56. The molecule has 1 aromatic heterocycles. The van der Waals surface area contributed by atoms with Crippen molar-refractivity contribution in [1.29, 1.82) is 0 Å². The Morgan fingerprint density at radius 2 is 2.12 bits per heavy atom. The van der Waals surface area contributed by atoms with Crippen molar-refractivity contribution in [3.8, 4) is 5.75 Å². The van der Waals surface area contributed by atoms with Crippen LogP contribution in [0.5, 0.6) is 5.75 Å². The quantitative estimate of drug-likeness (QED) is 0.452. The molecular formula is C19H20ClNO3S. The molecular weight excluding hydrogens is 358 g/mol. The zero-order chi connectivity index (χ0) is 18.0. The Morgan fingerprint density at radius 1 is 1.32 bits per heavy atom. The van der Waals surface area contributed by atoms with E-state index >= 15 is 0 Å². The number of unbranched alkanes of at least 4 members (excludes halogenated alkanes) is 1. The molecule has 0 aliphatic carbocycles. The summed E-state index contributed by atoms with van der Waals surface area (Å²) >= 11 is 10.2. The molecule has 1 atom stereocenters. The van der Waals surface area contributed by atoms with Crippen LogP contribution in [0.4, 0.5) is 0 Å². The molecule has 1 amide bonds. The predicted octanol–water partition coefficient (Wildman–Crippen LogP) is 5.31. The normalized spacial score (nSPS) is 12.5. The van der Waals surface area contributed by atoms with Gasteiger partial charge in [-0.05, 0) is 44.0 Å². The average Bonchev–Trinajstić information content (AvgIpc) is 2.95. The number of furan rings is 1. The van der Waals surface area contributed by atoms with Crippen LogP contribution >= 0.6 is 24.2 Å². The molecule has 3 rings (SSSR count). The van der Waals surface area contributed by atoms with Gasteiger partial charge in [0.2, 0.25) is 0 Å². The van der Waals surface area contributed by atoms with Crippen LogP contribution in [0.2, 0.25) is 5.02 Å². The van der Waals surface area contributed by atoms with Gasteiger partial charge in [0.05, 0.1) is 5.25 Å². The molecule has 25 heavy (non-hydrogen) atoms. The number of hydroxylamine groups is 1. The molecule has 1 heterocycles. The van der Waals surface area contributed by atoms with Crippen molar-refractivity contribution in [3.05, 3.63) is 40.9 Å². The number of carbonyl (C=O) groups excluding carboxylic acids is 1. The highest BCUT2D eigenvalue weighted by atomic mass is 35.5. The lowest BCUT2D eigenvalue weighted by Gasteiger charge is -2.13. The number of hydrogen-bond donors (Lipinski definition) is 2. The highest BCUT2D eigenvalue weighted by Gasteiger charge is 2.17. The molecule has 2 aromatic carbocycles. The number of carbonyl (C=O) groups is 1. The van der Waals surface area contributed by atoms with E-state index in [1.165, 1.54) is 0 Å². The Kier molecular flexibility index (Phi) is 5.45.